The minimum atomic E-state index is -1.04. The Morgan fingerprint density at radius 2 is 1.66 bits per heavy atom. The van der Waals surface area contributed by atoms with Crippen LogP contribution >= 0.6 is 0 Å². The lowest BCUT2D eigenvalue weighted by Gasteiger charge is -2.35. The molecule has 2 aromatic rings. The van der Waals surface area contributed by atoms with E-state index in [2.05, 4.69) is 33.3 Å². The summed E-state index contributed by atoms with van der Waals surface area (Å²) in [5.74, 6) is 2.71. The topological polar surface area (TPSA) is 103 Å². The minimum Gasteiger partial charge on any atom is -0.611 e. The summed E-state index contributed by atoms with van der Waals surface area (Å²) in [5, 5.41) is 3.59. The number of aryl methyl sites for hydroxylation is 1. The van der Waals surface area contributed by atoms with Crippen LogP contribution in [0.25, 0.3) is 0 Å². The number of benzene rings is 1. The molecule has 3 saturated heterocycles. The maximum absolute atomic E-state index is 13.7. The third kappa shape index (κ3) is 5.94. The molecule has 0 radical (unpaired) electrons. The first-order valence-electron chi connectivity index (χ1n) is 15.5. The molecule has 220 valence electrons. The normalized spacial score (nSPS) is 24.3. The van der Waals surface area contributed by atoms with E-state index < -0.39 is 11.2 Å². The predicted octanol–water partition coefficient (Wildman–Crippen LogP) is 3.90. The van der Waals surface area contributed by atoms with E-state index in [1.54, 1.807) is 0 Å². The van der Waals surface area contributed by atoms with E-state index in [0.717, 1.165) is 125 Å². The Balaban J connectivity index is 1.04. The fourth-order valence-corrected chi connectivity index (χ4v) is 8.21. The highest BCUT2D eigenvalue weighted by Crippen LogP contribution is 2.37. The Labute approximate surface area is 245 Å². The van der Waals surface area contributed by atoms with Gasteiger partial charge in [-0.1, -0.05) is 12.1 Å². The average molecular weight is 580 g/mol. The molecule has 4 fully saturated rings. The number of piperidine rings is 1. The first-order valence-corrected chi connectivity index (χ1v) is 16.8. The predicted molar refractivity (Wildman–Crippen MR) is 158 cm³/mol. The molecule has 0 spiro atoms. The van der Waals surface area contributed by atoms with Crippen molar-refractivity contribution in [3.63, 3.8) is 0 Å². The lowest BCUT2D eigenvalue weighted by atomic mass is 9.88. The van der Waals surface area contributed by atoms with Crippen molar-refractivity contribution in [1.29, 1.82) is 0 Å². The van der Waals surface area contributed by atoms with E-state index in [-0.39, 0.29) is 11.9 Å². The number of nitrogens with one attached hydrogen (secondary N) is 1. The van der Waals surface area contributed by atoms with Crippen molar-refractivity contribution in [3.05, 3.63) is 41.1 Å². The number of anilines is 2. The maximum Gasteiger partial charge on any atom is 0.254 e. The van der Waals surface area contributed by atoms with Gasteiger partial charge in [0.05, 0.1) is 0 Å². The molecule has 1 atom stereocenters. The van der Waals surface area contributed by atoms with E-state index in [1.807, 2.05) is 6.07 Å². The summed E-state index contributed by atoms with van der Waals surface area (Å²) in [7, 11) is 0. The highest BCUT2D eigenvalue weighted by Gasteiger charge is 2.39. The first-order chi connectivity index (χ1) is 20.1. The molecular formula is C31H41N5O4S. The summed E-state index contributed by atoms with van der Waals surface area (Å²) in [6.07, 6.45) is 8.69. The van der Waals surface area contributed by atoms with Gasteiger partial charge in [-0.2, -0.15) is 4.98 Å². The van der Waals surface area contributed by atoms with Gasteiger partial charge in [0, 0.05) is 69.6 Å². The van der Waals surface area contributed by atoms with Gasteiger partial charge in [0.25, 0.3) is 5.91 Å². The monoisotopic (exact) mass is 579 g/mol. The van der Waals surface area contributed by atoms with Gasteiger partial charge in [-0.25, -0.2) is 4.98 Å². The van der Waals surface area contributed by atoms with Crippen LogP contribution in [-0.4, -0.2) is 88.7 Å². The van der Waals surface area contributed by atoms with Gasteiger partial charge in [0.15, 0.2) is 5.82 Å². The molecule has 4 aliphatic heterocycles. The number of fused-ring (bicyclic) bond motifs is 1. The summed E-state index contributed by atoms with van der Waals surface area (Å²) in [6, 6.07) is 9.36. The Morgan fingerprint density at radius 3 is 2.39 bits per heavy atom. The molecule has 9 nitrogen and oxygen atoms in total. The standard InChI is InChI=1S/C31H41N5O4S/c37-30(36(25-4-5-25)26-10-17-40-18-11-26)23-3-1-2-22(20-23)21-6-13-35(14-7-21)31-33-27-12-19-41(38)28(27)29(34-31)32-24-8-15-39-16-9-24/h1-3,20-21,24-26H,4-19H2,(H,32,33,34)/t41-/m0/s1. The second-order valence-electron chi connectivity index (χ2n) is 12.2. The quantitative estimate of drug-likeness (QED) is 0.493. The summed E-state index contributed by atoms with van der Waals surface area (Å²) in [4.78, 5) is 28.8. The van der Waals surface area contributed by atoms with Gasteiger partial charge in [0.1, 0.15) is 11.4 Å². The van der Waals surface area contributed by atoms with Gasteiger partial charge < -0.3 is 29.1 Å². The zero-order valence-corrected chi connectivity index (χ0v) is 24.6. The number of carbonyl (C=O) groups excluding carboxylic acids is 1. The van der Waals surface area contributed by atoms with E-state index >= 15 is 0 Å². The van der Waals surface area contributed by atoms with Crippen molar-refractivity contribution in [3.8, 4) is 0 Å². The largest absolute Gasteiger partial charge is 0.611 e. The van der Waals surface area contributed by atoms with Crippen LogP contribution in [0.3, 0.4) is 0 Å². The third-order valence-corrected chi connectivity index (χ3v) is 10.8. The van der Waals surface area contributed by atoms with Crippen LogP contribution < -0.4 is 10.2 Å². The van der Waals surface area contributed by atoms with Crippen LogP contribution in [0.4, 0.5) is 11.8 Å². The van der Waals surface area contributed by atoms with Crippen molar-refractivity contribution in [2.75, 3.05) is 55.5 Å². The molecule has 10 heteroatoms. The molecule has 0 unspecified atom stereocenters. The number of aromatic nitrogens is 2. The van der Waals surface area contributed by atoms with E-state index in [0.29, 0.717) is 23.8 Å². The summed E-state index contributed by atoms with van der Waals surface area (Å²) in [6.45, 7) is 4.71. The second-order valence-corrected chi connectivity index (χ2v) is 13.7. The number of amides is 1. The Kier molecular flexibility index (Phi) is 8.08. The van der Waals surface area contributed by atoms with Crippen molar-refractivity contribution in [1.82, 2.24) is 14.9 Å². The molecule has 5 aliphatic rings. The van der Waals surface area contributed by atoms with Crippen LogP contribution in [0, 0.1) is 0 Å². The number of hydrogen-bond donors (Lipinski definition) is 1. The molecule has 7 rings (SSSR count). The van der Waals surface area contributed by atoms with Gasteiger partial charge >= 0.3 is 0 Å². The molecule has 1 amide bonds. The zero-order valence-electron chi connectivity index (χ0n) is 23.8. The fourth-order valence-electron chi connectivity index (χ4n) is 6.89. The Hall–Kier alpha value is -2.40. The lowest BCUT2D eigenvalue weighted by Crippen LogP contribution is -2.44. The van der Waals surface area contributed by atoms with Gasteiger partial charge in [-0.15, -0.1) is 0 Å². The SMILES string of the molecule is O=C(c1cccc(C2CCN(c3nc4c(c(NC5CCOCC5)n3)[S@@+]([O-])CC4)CC2)c1)N(C1CCOCC1)C1CC1. The van der Waals surface area contributed by atoms with Crippen molar-refractivity contribution < 1.29 is 18.8 Å². The fraction of sp³-hybridized carbons (Fsp3) is 0.645. The second kappa shape index (κ2) is 12.1. The van der Waals surface area contributed by atoms with E-state index in [1.165, 1.54) is 5.56 Å². The zero-order chi connectivity index (χ0) is 27.8. The van der Waals surface area contributed by atoms with E-state index in [4.69, 9.17) is 19.4 Å². The van der Waals surface area contributed by atoms with Gasteiger partial charge in [0.2, 0.25) is 10.8 Å². The Morgan fingerprint density at radius 1 is 0.951 bits per heavy atom. The average Bonchev–Trinajstić information content (AvgIpc) is 3.79. The highest BCUT2D eigenvalue weighted by molar-refractivity contribution is 7.91. The van der Waals surface area contributed by atoms with Crippen LogP contribution in [-0.2, 0) is 27.1 Å². The van der Waals surface area contributed by atoms with Crippen molar-refractivity contribution >= 4 is 28.8 Å². The molecule has 1 aromatic heterocycles. The summed E-state index contributed by atoms with van der Waals surface area (Å²) >= 11 is -1.04. The van der Waals surface area contributed by atoms with Crippen LogP contribution in [0.1, 0.15) is 78.9 Å². The van der Waals surface area contributed by atoms with Crippen LogP contribution in [0.15, 0.2) is 29.2 Å². The lowest BCUT2D eigenvalue weighted by molar-refractivity contribution is 0.0267. The number of ether oxygens (including phenoxy) is 2. The maximum atomic E-state index is 13.7. The summed E-state index contributed by atoms with van der Waals surface area (Å²) < 4.78 is 23.9. The highest BCUT2D eigenvalue weighted by atomic mass is 32.2. The molecular weight excluding hydrogens is 538 g/mol. The first kappa shape index (κ1) is 27.4. The molecule has 1 N–H and O–H groups in total. The molecule has 41 heavy (non-hydrogen) atoms. The van der Waals surface area contributed by atoms with Crippen LogP contribution in [0.2, 0.25) is 0 Å². The van der Waals surface area contributed by atoms with Crippen molar-refractivity contribution in [2.24, 2.45) is 0 Å². The number of carbonyl (C=O) groups is 1. The minimum absolute atomic E-state index is 0.187. The summed E-state index contributed by atoms with van der Waals surface area (Å²) in [5.41, 5.74) is 3.01. The molecule has 0 bridgehead atoms. The number of hydrogen-bond acceptors (Lipinski definition) is 8. The van der Waals surface area contributed by atoms with Crippen molar-refractivity contribution in [2.45, 2.75) is 86.7 Å². The van der Waals surface area contributed by atoms with Gasteiger partial charge in [-0.3, -0.25) is 4.79 Å². The third-order valence-electron chi connectivity index (χ3n) is 9.38. The van der Waals surface area contributed by atoms with E-state index in [9.17, 15) is 9.35 Å². The number of nitrogens with zero attached hydrogens (tertiary/aromatic N) is 4. The molecule has 1 aromatic carbocycles. The molecule has 5 heterocycles. The Bertz CT molecular complexity index is 1240. The van der Waals surface area contributed by atoms with Crippen LogP contribution in [0.5, 0.6) is 0 Å². The van der Waals surface area contributed by atoms with Gasteiger partial charge in [-0.05, 0) is 86.2 Å². The number of rotatable bonds is 7. The smallest absolute Gasteiger partial charge is 0.254 e. The molecule has 1 saturated carbocycles. The molecule has 1 aliphatic carbocycles.